The SMILES string of the molecule is CCc1c(C(=O)OCCCc2cccc3ccccc23)[nH]c(C)c1C(N)=O. The average molecular weight is 364 g/mol. The molecule has 27 heavy (non-hydrogen) atoms. The zero-order valence-corrected chi connectivity index (χ0v) is 15.7. The van der Waals surface area contributed by atoms with Gasteiger partial charge in [0, 0.05) is 5.69 Å². The molecule has 0 spiro atoms. The van der Waals surface area contributed by atoms with Gasteiger partial charge < -0.3 is 15.5 Å². The number of ether oxygens (including phenoxy) is 1. The summed E-state index contributed by atoms with van der Waals surface area (Å²) >= 11 is 0. The van der Waals surface area contributed by atoms with Gasteiger partial charge in [-0.25, -0.2) is 4.79 Å². The molecule has 2 aromatic carbocycles. The molecule has 0 saturated heterocycles. The molecule has 3 aromatic rings. The number of aromatic amines is 1. The summed E-state index contributed by atoms with van der Waals surface area (Å²) in [6, 6.07) is 14.5. The van der Waals surface area contributed by atoms with Crippen LogP contribution in [-0.4, -0.2) is 23.5 Å². The second-order valence-electron chi connectivity index (χ2n) is 6.57. The van der Waals surface area contributed by atoms with E-state index in [1.165, 1.54) is 16.3 Å². The number of hydrogen-bond donors (Lipinski definition) is 2. The second kappa shape index (κ2) is 8.08. The molecule has 1 aromatic heterocycles. The maximum atomic E-state index is 12.4. The molecule has 0 aliphatic rings. The maximum absolute atomic E-state index is 12.4. The number of H-pyrrole nitrogens is 1. The van der Waals surface area contributed by atoms with Gasteiger partial charge in [-0.3, -0.25) is 4.79 Å². The van der Waals surface area contributed by atoms with Gasteiger partial charge in [0.2, 0.25) is 0 Å². The zero-order valence-electron chi connectivity index (χ0n) is 15.7. The van der Waals surface area contributed by atoms with Gasteiger partial charge in [0.15, 0.2) is 0 Å². The highest BCUT2D eigenvalue weighted by Gasteiger charge is 2.23. The highest BCUT2D eigenvalue weighted by Crippen LogP contribution is 2.21. The van der Waals surface area contributed by atoms with Crippen molar-refractivity contribution in [2.45, 2.75) is 33.1 Å². The molecule has 0 radical (unpaired) electrons. The van der Waals surface area contributed by atoms with E-state index in [0.717, 1.165) is 12.8 Å². The van der Waals surface area contributed by atoms with Crippen LogP contribution in [0.25, 0.3) is 10.8 Å². The summed E-state index contributed by atoms with van der Waals surface area (Å²) in [4.78, 5) is 27.0. The van der Waals surface area contributed by atoms with E-state index in [1.807, 2.05) is 25.1 Å². The summed E-state index contributed by atoms with van der Waals surface area (Å²) in [5.74, 6) is -0.976. The van der Waals surface area contributed by atoms with Crippen molar-refractivity contribution >= 4 is 22.6 Å². The van der Waals surface area contributed by atoms with Crippen molar-refractivity contribution in [2.75, 3.05) is 6.61 Å². The number of aryl methyl sites for hydroxylation is 2. The number of rotatable bonds is 7. The minimum Gasteiger partial charge on any atom is -0.461 e. The summed E-state index contributed by atoms with van der Waals surface area (Å²) < 4.78 is 5.43. The van der Waals surface area contributed by atoms with Crippen LogP contribution in [0.3, 0.4) is 0 Å². The number of nitrogens with two attached hydrogens (primary N) is 1. The first kappa shape index (κ1) is 18.7. The Bertz CT molecular complexity index is 983. The van der Waals surface area contributed by atoms with Crippen LogP contribution in [0, 0.1) is 6.92 Å². The lowest BCUT2D eigenvalue weighted by Gasteiger charge is -2.08. The third-order valence-electron chi connectivity index (χ3n) is 4.80. The number of carbonyl (C=O) groups excluding carboxylic acids is 2. The first-order chi connectivity index (χ1) is 13.0. The standard InChI is InChI=1S/C22H24N2O3/c1-3-17-19(21(23)25)14(2)24-20(17)22(26)27-13-7-11-16-10-6-9-15-8-4-5-12-18(15)16/h4-6,8-10,12,24H,3,7,11,13H2,1-2H3,(H2,23,25). The van der Waals surface area contributed by atoms with Gasteiger partial charge in [0.25, 0.3) is 5.91 Å². The van der Waals surface area contributed by atoms with E-state index in [4.69, 9.17) is 10.5 Å². The molecule has 3 rings (SSSR count). The number of benzene rings is 2. The molecule has 0 bridgehead atoms. The van der Waals surface area contributed by atoms with E-state index in [-0.39, 0.29) is 0 Å². The minimum atomic E-state index is -0.532. The topological polar surface area (TPSA) is 85.2 Å². The number of esters is 1. The summed E-state index contributed by atoms with van der Waals surface area (Å²) in [5, 5.41) is 2.44. The number of carbonyl (C=O) groups is 2. The Labute approximate surface area is 158 Å². The predicted octanol–water partition coefficient (Wildman–Crippen LogP) is 3.93. The van der Waals surface area contributed by atoms with E-state index in [1.54, 1.807) is 6.92 Å². The zero-order chi connectivity index (χ0) is 19.4. The minimum absolute atomic E-state index is 0.315. The molecular weight excluding hydrogens is 340 g/mol. The Balaban J connectivity index is 1.63. The van der Waals surface area contributed by atoms with Gasteiger partial charge in [0.05, 0.1) is 12.2 Å². The first-order valence-electron chi connectivity index (χ1n) is 9.18. The maximum Gasteiger partial charge on any atom is 0.355 e. The van der Waals surface area contributed by atoms with Crippen molar-refractivity contribution in [1.82, 2.24) is 4.98 Å². The number of primary amides is 1. The lowest BCUT2D eigenvalue weighted by atomic mass is 10.0. The van der Waals surface area contributed by atoms with Crippen molar-refractivity contribution in [3.8, 4) is 0 Å². The molecule has 0 saturated carbocycles. The Morgan fingerprint density at radius 1 is 1.11 bits per heavy atom. The molecule has 1 amide bonds. The van der Waals surface area contributed by atoms with Crippen LogP contribution in [0.1, 0.15) is 51.0 Å². The Kier molecular flexibility index (Phi) is 5.60. The van der Waals surface area contributed by atoms with E-state index in [0.29, 0.717) is 35.5 Å². The molecule has 0 unspecified atom stereocenters. The molecule has 0 fully saturated rings. The van der Waals surface area contributed by atoms with Gasteiger partial charge in [-0.2, -0.15) is 0 Å². The van der Waals surface area contributed by atoms with Crippen molar-refractivity contribution in [3.63, 3.8) is 0 Å². The normalized spacial score (nSPS) is 10.9. The largest absolute Gasteiger partial charge is 0.461 e. The molecular formula is C22H24N2O3. The summed E-state index contributed by atoms with van der Waals surface area (Å²) in [6.45, 7) is 3.93. The van der Waals surface area contributed by atoms with Crippen molar-refractivity contribution in [3.05, 3.63) is 70.5 Å². The summed E-state index contributed by atoms with van der Waals surface area (Å²) in [5.41, 5.74) is 8.61. The number of nitrogens with one attached hydrogen (secondary N) is 1. The molecule has 140 valence electrons. The van der Waals surface area contributed by atoms with Crippen LogP contribution in [0.4, 0.5) is 0 Å². The molecule has 1 heterocycles. The molecule has 0 aliphatic carbocycles. The van der Waals surface area contributed by atoms with Gasteiger partial charge in [-0.05, 0) is 48.1 Å². The van der Waals surface area contributed by atoms with Crippen LogP contribution in [-0.2, 0) is 17.6 Å². The Morgan fingerprint density at radius 2 is 1.85 bits per heavy atom. The molecule has 5 heteroatoms. The van der Waals surface area contributed by atoms with Crippen molar-refractivity contribution in [2.24, 2.45) is 5.73 Å². The highest BCUT2D eigenvalue weighted by atomic mass is 16.5. The summed E-state index contributed by atoms with van der Waals surface area (Å²) in [6.07, 6.45) is 2.08. The number of fused-ring (bicyclic) bond motifs is 1. The highest BCUT2D eigenvalue weighted by molar-refractivity contribution is 6.00. The molecule has 0 atom stereocenters. The first-order valence-corrected chi connectivity index (χ1v) is 9.18. The van der Waals surface area contributed by atoms with E-state index >= 15 is 0 Å². The van der Waals surface area contributed by atoms with Crippen molar-refractivity contribution < 1.29 is 14.3 Å². The smallest absolute Gasteiger partial charge is 0.355 e. The predicted molar refractivity (Wildman–Crippen MR) is 106 cm³/mol. The lowest BCUT2D eigenvalue weighted by Crippen LogP contribution is -2.15. The van der Waals surface area contributed by atoms with Gasteiger partial charge in [-0.1, -0.05) is 49.4 Å². The Hall–Kier alpha value is -3.08. The fourth-order valence-electron chi connectivity index (χ4n) is 3.55. The number of amides is 1. The van der Waals surface area contributed by atoms with Crippen LogP contribution < -0.4 is 5.73 Å². The lowest BCUT2D eigenvalue weighted by molar-refractivity contribution is 0.0493. The fraction of sp³-hybridized carbons (Fsp3) is 0.273. The van der Waals surface area contributed by atoms with E-state index in [2.05, 4.69) is 29.2 Å². The second-order valence-corrected chi connectivity index (χ2v) is 6.57. The van der Waals surface area contributed by atoms with Crippen LogP contribution in [0.2, 0.25) is 0 Å². The fourth-order valence-corrected chi connectivity index (χ4v) is 3.55. The van der Waals surface area contributed by atoms with Crippen LogP contribution >= 0.6 is 0 Å². The molecule has 3 N–H and O–H groups in total. The molecule has 0 aliphatic heterocycles. The quantitative estimate of drug-likeness (QED) is 0.492. The average Bonchev–Trinajstić information content (AvgIpc) is 3.01. The van der Waals surface area contributed by atoms with Gasteiger partial charge >= 0.3 is 5.97 Å². The number of aromatic nitrogens is 1. The monoisotopic (exact) mass is 364 g/mol. The van der Waals surface area contributed by atoms with Crippen molar-refractivity contribution in [1.29, 1.82) is 0 Å². The Morgan fingerprint density at radius 3 is 2.59 bits per heavy atom. The van der Waals surface area contributed by atoms with Gasteiger partial charge in [0.1, 0.15) is 5.69 Å². The third kappa shape index (κ3) is 3.87. The number of hydrogen-bond acceptors (Lipinski definition) is 3. The van der Waals surface area contributed by atoms with Crippen LogP contribution in [0.5, 0.6) is 0 Å². The van der Waals surface area contributed by atoms with E-state index in [9.17, 15) is 9.59 Å². The summed E-state index contributed by atoms with van der Waals surface area (Å²) in [7, 11) is 0. The van der Waals surface area contributed by atoms with Gasteiger partial charge in [-0.15, -0.1) is 0 Å². The van der Waals surface area contributed by atoms with Crippen LogP contribution in [0.15, 0.2) is 42.5 Å². The molecule has 5 nitrogen and oxygen atoms in total. The third-order valence-corrected chi connectivity index (χ3v) is 4.80. The van der Waals surface area contributed by atoms with E-state index < -0.39 is 11.9 Å².